The van der Waals surface area contributed by atoms with E-state index in [0.29, 0.717) is 11.4 Å². The third-order valence-electron chi connectivity index (χ3n) is 2.39. The van der Waals surface area contributed by atoms with Gasteiger partial charge in [-0.15, -0.1) is 0 Å². The molecule has 0 unspecified atom stereocenters. The standard InChI is InChI=1S/C11H10N6S/c12-7-1-2-13-8(3-7)4-18-11-9-10(15-5-14-9)16-6-17-11/h1-3,5-6H,4H2,(H2,12,13)(H,14,15,16,17). The van der Waals surface area contributed by atoms with E-state index >= 15 is 0 Å². The first-order valence-corrected chi connectivity index (χ1v) is 6.29. The summed E-state index contributed by atoms with van der Waals surface area (Å²) in [6.45, 7) is 0. The van der Waals surface area contributed by atoms with Crippen LogP contribution in [0.1, 0.15) is 5.69 Å². The van der Waals surface area contributed by atoms with E-state index in [4.69, 9.17) is 5.73 Å². The van der Waals surface area contributed by atoms with Crippen LogP contribution in [0.2, 0.25) is 0 Å². The zero-order chi connectivity index (χ0) is 12.4. The van der Waals surface area contributed by atoms with Gasteiger partial charge in [-0.25, -0.2) is 15.0 Å². The van der Waals surface area contributed by atoms with E-state index in [2.05, 4.69) is 24.9 Å². The number of aromatic nitrogens is 5. The highest BCUT2D eigenvalue weighted by atomic mass is 32.2. The molecule has 0 aliphatic heterocycles. The zero-order valence-corrected chi connectivity index (χ0v) is 10.2. The van der Waals surface area contributed by atoms with Gasteiger partial charge in [-0.1, -0.05) is 11.8 Å². The summed E-state index contributed by atoms with van der Waals surface area (Å²) < 4.78 is 0. The Morgan fingerprint density at radius 3 is 3.06 bits per heavy atom. The number of thioether (sulfide) groups is 1. The van der Waals surface area contributed by atoms with Gasteiger partial charge in [0.15, 0.2) is 5.65 Å². The number of nitrogen functional groups attached to an aromatic ring is 1. The first-order chi connectivity index (χ1) is 8.83. The Morgan fingerprint density at radius 2 is 2.17 bits per heavy atom. The number of rotatable bonds is 3. The Balaban J connectivity index is 1.83. The third-order valence-corrected chi connectivity index (χ3v) is 3.41. The van der Waals surface area contributed by atoms with Gasteiger partial charge in [-0.2, -0.15) is 0 Å². The van der Waals surface area contributed by atoms with Crippen molar-refractivity contribution < 1.29 is 0 Å². The largest absolute Gasteiger partial charge is 0.399 e. The van der Waals surface area contributed by atoms with E-state index in [9.17, 15) is 0 Å². The predicted octanol–water partition coefficient (Wildman–Crippen LogP) is 1.62. The number of nitrogens with two attached hydrogens (primary N) is 1. The van der Waals surface area contributed by atoms with Gasteiger partial charge in [0.05, 0.1) is 12.0 Å². The highest BCUT2D eigenvalue weighted by molar-refractivity contribution is 7.98. The maximum absolute atomic E-state index is 5.71. The number of anilines is 1. The molecule has 3 rings (SSSR count). The van der Waals surface area contributed by atoms with Crippen molar-refractivity contribution in [1.82, 2.24) is 24.9 Å². The Hall–Kier alpha value is -2.15. The lowest BCUT2D eigenvalue weighted by Crippen LogP contribution is -1.92. The third kappa shape index (κ3) is 2.12. The molecule has 18 heavy (non-hydrogen) atoms. The molecule has 0 atom stereocenters. The number of hydrogen-bond donors (Lipinski definition) is 2. The monoisotopic (exact) mass is 258 g/mol. The van der Waals surface area contributed by atoms with Crippen LogP contribution >= 0.6 is 11.8 Å². The normalized spacial score (nSPS) is 10.9. The van der Waals surface area contributed by atoms with E-state index in [1.54, 1.807) is 30.4 Å². The quantitative estimate of drug-likeness (QED) is 0.547. The summed E-state index contributed by atoms with van der Waals surface area (Å²) in [5, 5.41) is 0.863. The number of pyridine rings is 1. The molecule has 3 aromatic heterocycles. The van der Waals surface area contributed by atoms with Crippen LogP contribution in [0.15, 0.2) is 36.0 Å². The smallest absolute Gasteiger partial charge is 0.181 e. The fourth-order valence-electron chi connectivity index (χ4n) is 1.57. The Bertz CT molecular complexity index is 680. The Morgan fingerprint density at radius 1 is 1.22 bits per heavy atom. The first-order valence-electron chi connectivity index (χ1n) is 5.30. The molecule has 0 spiro atoms. The van der Waals surface area contributed by atoms with Gasteiger partial charge >= 0.3 is 0 Å². The fraction of sp³-hybridized carbons (Fsp3) is 0.0909. The van der Waals surface area contributed by atoms with E-state index in [1.165, 1.54) is 6.33 Å². The molecule has 0 aliphatic rings. The van der Waals surface area contributed by atoms with Gasteiger partial charge < -0.3 is 10.7 Å². The summed E-state index contributed by atoms with van der Waals surface area (Å²) in [7, 11) is 0. The van der Waals surface area contributed by atoms with Crippen molar-refractivity contribution in [1.29, 1.82) is 0 Å². The minimum atomic E-state index is 0.674. The van der Waals surface area contributed by atoms with Gasteiger partial charge in [0.1, 0.15) is 16.9 Å². The molecule has 90 valence electrons. The van der Waals surface area contributed by atoms with E-state index in [0.717, 1.165) is 21.9 Å². The van der Waals surface area contributed by atoms with Crippen LogP contribution in [0, 0.1) is 0 Å². The number of nitrogens with zero attached hydrogens (tertiary/aromatic N) is 4. The summed E-state index contributed by atoms with van der Waals surface area (Å²) in [4.78, 5) is 19.7. The molecule has 3 heterocycles. The summed E-state index contributed by atoms with van der Waals surface area (Å²) in [6, 6.07) is 3.63. The number of H-pyrrole nitrogens is 1. The van der Waals surface area contributed by atoms with Crippen LogP contribution in [-0.4, -0.2) is 24.9 Å². The molecule has 6 nitrogen and oxygen atoms in total. The van der Waals surface area contributed by atoms with Crippen LogP contribution in [0.25, 0.3) is 11.2 Å². The lowest BCUT2D eigenvalue weighted by atomic mass is 10.3. The van der Waals surface area contributed by atoms with Gasteiger partial charge in [-0.3, -0.25) is 4.98 Å². The van der Waals surface area contributed by atoms with Gasteiger partial charge in [0.2, 0.25) is 0 Å². The van der Waals surface area contributed by atoms with Crippen molar-refractivity contribution in [3.8, 4) is 0 Å². The van der Waals surface area contributed by atoms with Crippen molar-refractivity contribution in [3.63, 3.8) is 0 Å². The van der Waals surface area contributed by atoms with Crippen LogP contribution in [0.4, 0.5) is 5.69 Å². The summed E-state index contributed by atoms with van der Waals surface area (Å²) >= 11 is 1.58. The summed E-state index contributed by atoms with van der Waals surface area (Å²) in [6.07, 6.45) is 4.83. The molecule has 0 aromatic carbocycles. The average molecular weight is 258 g/mol. The molecule has 3 aromatic rings. The Kier molecular flexibility index (Phi) is 2.81. The molecule has 7 heteroatoms. The highest BCUT2D eigenvalue weighted by Gasteiger charge is 2.07. The van der Waals surface area contributed by atoms with Crippen molar-refractivity contribution in [2.45, 2.75) is 10.8 Å². The average Bonchev–Trinajstić information content (AvgIpc) is 2.85. The molecule has 0 saturated heterocycles. The maximum Gasteiger partial charge on any atom is 0.181 e. The van der Waals surface area contributed by atoms with Crippen LogP contribution in [-0.2, 0) is 5.75 Å². The summed E-state index contributed by atoms with van der Waals surface area (Å²) in [5.74, 6) is 0.705. The lowest BCUT2D eigenvalue weighted by molar-refractivity contribution is 1.08. The van der Waals surface area contributed by atoms with E-state index < -0.39 is 0 Å². The van der Waals surface area contributed by atoms with Crippen LogP contribution in [0.5, 0.6) is 0 Å². The number of imidazole rings is 1. The second-order valence-electron chi connectivity index (χ2n) is 3.65. The molecule has 0 bridgehead atoms. The number of fused-ring (bicyclic) bond motifs is 1. The van der Waals surface area contributed by atoms with Crippen molar-refractivity contribution in [3.05, 3.63) is 36.7 Å². The lowest BCUT2D eigenvalue weighted by Gasteiger charge is -2.02. The predicted molar refractivity (Wildman–Crippen MR) is 69.9 cm³/mol. The second-order valence-corrected chi connectivity index (χ2v) is 4.61. The SMILES string of the molecule is Nc1ccnc(CSc2ncnc3nc[nH]c23)c1. The van der Waals surface area contributed by atoms with Crippen LogP contribution in [0.3, 0.4) is 0 Å². The van der Waals surface area contributed by atoms with Crippen molar-refractivity contribution in [2.75, 3.05) is 5.73 Å². The molecular formula is C11H10N6S. The fourth-order valence-corrected chi connectivity index (χ4v) is 2.43. The van der Waals surface area contributed by atoms with E-state index in [-0.39, 0.29) is 0 Å². The number of aromatic amines is 1. The summed E-state index contributed by atoms with van der Waals surface area (Å²) in [5.41, 5.74) is 8.88. The van der Waals surface area contributed by atoms with Gasteiger partial charge in [0.25, 0.3) is 0 Å². The van der Waals surface area contributed by atoms with E-state index in [1.807, 2.05) is 6.07 Å². The first kappa shape index (κ1) is 11.0. The molecule has 0 radical (unpaired) electrons. The highest BCUT2D eigenvalue weighted by Crippen LogP contribution is 2.24. The maximum atomic E-state index is 5.71. The molecule has 0 saturated carbocycles. The Labute approximate surface area is 107 Å². The van der Waals surface area contributed by atoms with Gasteiger partial charge in [0, 0.05) is 17.6 Å². The topological polar surface area (TPSA) is 93.4 Å². The van der Waals surface area contributed by atoms with Crippen molar-refractivity contribution >= 4 is 28.6 Å². The molecule has 0 fully saturated rings. The minimum Gasteiger partial charge on any atom is -0.399 e. The molecule has 0 amide bonds. The van der Waals surface area contributed by atoms with Crippen LogP contribution < -0.4 is 5.73 Å². The molecule has 0 aliphatic carbocycles. The molecule has 3 N–H and O–H groups in total. The van der Waals surface area contributed by atoms with Crippen molar-refractivity contribution in [2.24, 2.45) is 0 Å². The second kappa shape index (κ2) is 4.61. The molecular weight excluding hydrogens is 248 g/mol. The zero-order valence-electron chi connectivity index (χ0n) is 9.37. The van der Waals surface area contributed by atoms with Gasteiger partial charge in [-0.05, 0) is 12.1 Å². The number of nitrogens with one attached hydrogen (secondary N) is 1. The number of hydrogen-bond acceptors (Lipinski definition) is 6. The minimum absolute atomic E-state index is 0.674.